The molecular weight excluding hydrogens is 278 g/mol. The number of nitrogens with one attached hydrogen (secondary N) is 1. The highest BCUT2D eigenvalue weighted by Crippen LogP contribution is 2.19. The van der Waals surface area contributed by atoms with Crippen LogP contribution in [0.2, 0.25) is 0 Å². The molecule has 5 nitrogen and oxygen atoms in total. The number of rotatable bonds is 6. The van der Waals surface area contributed by atoms with E-state index in [4.69, 9.17) is 9.47 Å². The van der Waals surface area contributed by atoms with Gasteiger partial charge in [-0.1, -0.05) is 20.8 Å². The Balaban J connectivity index is 1.81. The maximum absolute atomic E-state index is 5.66. The molecule has 1 aromatic heterocycles. The predicted molar refractivity (Wildman–Crippen MR) is 87.7 cm³/mol. The van der Waals surface area contributed by atoms with E-state index in [0.29, 0.717) is 13.2 Å². The number of benzene rings is 1. The maximum atomic E-state index is 5.66. The Morgan fingerprint density at radius 2 is 1.73 bits per heavy atom. The molecule has 2 rings (SSSR count). The van der Waals surface area contributed by atoms with Crippen LogP contribution in [0.1, 0.15) is 26.6 Å². The zero-order valence-electron chi connectivity index (χ0n) is 13.6. The molecule has 0 aliphatic carbocycles. The molecule has 0 radical (unpaired) electrons. The van der Waals surface area contributed by atoms with Gasteiger partial charge < -0.3 is 14.8 Å². The van der Waals surface area contributed by atoms with Gasteiger partial charge in [-0.15, -0.1) is 0 Å². The van der Waals surface area contributed by atoms with Crippen LogP contribution < -0.4 is 14.8 Å². The molecule has 1 N–H and O–H groups in total. The summed E-state index contributed by atoms with van der Waals surface area (Å²) in [7, 11) is 1.65. The van der Waals surface area contributed by atoms with Crippen molar-refractivity contribution in [3.8, 4) is 11.5 Å². The van der Waals surface area contributed by atoms with Crippen LogP contribution in [0, 0.1) is 0 Å². The molecule has 0 aliphatic rings. The zero-order valence-corrected chi connectivity index (χ0v) is 13.6. The standard InChI is InChI=1S/C17H23N3O2/c1-17(2,3)16-19-10-9-15(20-16)18-11-12-22-14-7-5-13(21-4)6-8-14/h5-10H,11-12H2,1-4H3,(H,18,19,20). The first-order valence-electron chi connectivity index (χ1n) is 7.33. The van der Waals surface area contributed by atoms with Gasteiger partial charge in [0.2, 0.25) is 0 Å². The Kier molecular flexibility index (Phi) is 5.20. The van der Waals surface area contributed by atoms with Gasteiger partial charge in [-0.25, -0.2) is 9.97 Å². The van der Waals surface area contributed by atoms with Crippen LogP contribution in [-0.4, -0.2) is 30.2 Å². The third-order valence-corrected chi connectivity index (χ3v) is 3.06. The van der Waals surface area contributed by atoms with Gasteiger partial charge in [-0.3, -0.25) is 0 Å². The Morgan fingerprint density at radius 3 is 2.36 bits per heavy atom. The Hall–Kier alpha value is -2.30. The van der Waals surface area contributed by atoms with Gasteiger partial charge in [0, 0.05) is 11.6 Å². The molecule has 1 heterocycles. The van der Waals surface area contributed by atoms with Crippen molar-refractivity contribution < 1.29 is 9.47 Å². The summed E-state index contributed by atoms with van der Waals surface area (Å²) >= 11 is 0. The number of hydrogen-bond donors (Lipinski definition) is 1. The van der Waals surface area contributed by atoms with E-state index in [2.05, 4.69) is 36.1 Å². The third-order valence-electron chi connectivity index (χ3n) is 3.06. The molecule has 1 aromatic carbocycles. The molecule has 118 valence electrons. The Morgan fingerprint density at radius 1 is 1.05 bits per heavy atom. The van der Waals surface area contributed by atoms with Crippen molar-refractivity contribution in [2.75, 3.05) is 25.6 Å². The fourth-order valence-corrected chi connectivity index (χ4v) is 1.84. The lowest BCUT2D eigenvalue weighted by Gasteiger charge is -2.17. The molecule has 2 aromatic rings. The van der Waals surface area contributed by atoms with E-state index in [1.54, 1.807) is 13.3 Å². The van der Waals surface area contributed by atoms with E-state index in [1.165, 1.54) is 0 Å². The van der Waals surface area contributed by atoms with Crippen molar-refractivity contribution >= 4 is 5.82 Å². The van der Waals surface area contributed by atoms with Crippen LogP contribution in [0.5, 0.6) is 11.5 Å². The fraction of sp³-hybridized carbons (Fsp3) is 0.412. The molecule has 0 aliphatic heterocycles. The van der Waals surface area contributed by atoms with E-state index in [1.807, 2.05) is 30.3 Å². The first kappa shape index (κ1) is 16.1. The van der Waals surface area contributed by atoms with Gasteiger partial charge in [-0.05, 0) is 30.3 Å². The van der Waals surface area contributed by atoms with Gasteiger partial charge in [0.05, 0.1) is 13.7 Å². The van der Waals surface area contributed by atoms with Crippen molar-refractivity contribution in [3.63, 3.8) is 0 Å². The molecular formula is C17H23N3O2. The zero-order chi connectivity index (χ0) is 16.0. The smallest absolute Gasteiger partial charge is 0.135 e. The van der Waals surface area contributed by atoms with Crippen molar-refractivity contribution in [2.24, 2.45) is 0 Å². The topological polar surface area (TPSA) is 56.3 Å². The second-order valence-electron chi connectivity index (χ2n) is 5.97. The lowest BCUT2D eigenvalue weighted by Crippen LogP contribution is -2.18. The highest BCUT2D eigenvalue weighted by atomic mass is 16.5. The van der Waals surface area contributed by atoms with Crippen molar-refractivity contribution in [3.05, 3.63) is 42.4 Å². The molecule has 0 bridgehead atoms. The lowest BCUT2D eigenvalue weighted by molar-refractivity contribution is 0.331. The molecule has 0 atom stereocenters. The van der Waals surface area contributed by atoms with E-state index >= 15 is 0 Å². The number of aromatic nitrogens is 2. The monoisotopic (exact) mass is 301 g/mol. The van der Waals surface area contributed by atoms with E-state index in [-0.39, 0.29) is 5.41 Å². The molecule has 0 amide bonds. The quantitative estimate of drug-likeness (QED) is 0.830. The van der Waals surface area contributed by atoms with Crippen molar-refractivity contribution in [1.29, 1.82) is 0 Å². The number of methoxy groups -OCH3 is 1. The van der Waals surface area contributed by atoms with Crippen LogP contribution in [0.15, 0.2) is 36.5 Å². The second-order valence-corrected chi connectivity index (χ2v) is 5.97. The predicted octanol–water partition coefficient (Wildman–Crippen LogP) is 3.27. The minimum Gasteiger partial charge on any atom is -0.497 e. The van der Waals surface area contributed by atoms with Crippen molar-refractivity contribution in [2.45, 2.75) is 26.2 Å². The highest BCUT2D eigenvalue weighted by molar-refractivity contribution is 5.34. The third kappa shape index (κ3) is 4.62. The minimum atomic E-state index is -0.0582. The SMILES string of the molecule is COc1ccc(OCCNc2ccnc(C(C)(C)C)n2)cc1. The van der Waals surface area contributed by atoms with E-state index < -0.39 is 0 Å². The van der Waals surface area contributed by atoms with Crippen LogP contribution in [0.25, 0.3) is 0 Å². The van der Waals surface area contributed by atoms with Crippen molar-refractivity contribution in [1.82, 2.24) is 9.97 Å². The van der Waals surface area contributed by atoms with Crippen LogP contribution in [0.4, 0.5) is 5.82 Å². The average molecular weight is 301 g/mol. The molecule has 0 unspecified atom stereocenters. The molecule has 0 saturated heterocycles. The number of hydrogen-bond acceptors (Lipinski definition) is 5. The highest BCUT2D eigenvalue weighted by Gasteiger charge is 2.17. The van der Waals surface area contributed by atoms with Crippen LogP contribution >= 0.6 is 0 Å². The minimum absolute atomic E-state index is 0.0582. The number of nitrogens with zero attached hydrogens (tertiary/aromatic N) is 2. The largest absolute Gasteiger partial charge is 0.497 e. The Labute approximate surface area is 131 Å². The summed E-state index contributed by atoms with van der Waals surface area (Å²) in [5, 5.41) is 3.25. The van der Waals surface area contributed by atoms with Crippen LogP contribution in [0.3, 0.4) is 0 Å². The summed E-state index contributed by atoms with van der Waals surface area (Å²) in [6.45, 7) is 7.52. The van der Waals surface area contributed by atoms with Gasteiger partial charge in [0.25, 0.3) is 0 Å². The summed E-state index contributed by atoms with van der Waals surface area (Å²) in [6, 6.07) is 9.40. The first-order chi connectivity index (χ1) is 10.5. The van der Waals surface area contributed by atoms with Gasteiger partial charge >= 0.3 is 0 Å². The van der Waals surface area contributed by atoms with E-state index in [0.717, 1.165) is 23.1 Å². The molecule has 0 spiro atoms. The summed E-state index contributed by atoms with van der Waals surface area (Å²) in [4.78, 5) is 8.83. The van der Waals surface area contributed by atoms with Gasteiger partial charge in [-0.2, -0.15) is 0 Å². The normalized spacial score (nSPS) is 11.1. The summed E-state index contributed by atoms with van der Waals surface area (Å²) in [5.74, 6) is 3.29. The summed E-state index contributed by atoms with van der Waals surface area (Å²) < 4.78 is 10.8. The summed E-state index contributed by atoms with van der Waals surface area (Å²) in [6.07, 6.45) is 1.78. The van der Waals surface area contributed by atoms with E-state index in [9.17, 15) is 0 Å². The fourth-order valence-electron chi connectivity index (χ4n) is 1.84. The molecule has 0 fully saturated rings. The van der Waals surface area contributed by atoms with Gasteiger partial charge in [0.15, 0.2) is 0 Å². The average Bonchev–Trinajstić information content (AvgIpc) is 2.52. The molecule has 22 heavy (non-hydrogen) atoms. The maximum Gasteiger partial charge on any atom is 0.135 e. The number of ether oxygens (including phenoxy) is 2. The van der Waals surface area contributed by atoms with Crippen LogP contribution in [-0.2, 0) is 5.41 Å². The number of anilines is 1. The first-order valence-corrected chi connectivity index (χ1v) is 7.33. The summed E-state index contributed by atoms with van der Waals surface area (Å²) in [5.41, 5.74) is -0.0582. The molecule has 5 heteroatoms. The van der Waals surface area contributed by atoms with Gasteiger partial charge in [0.1, 0.15) is 29.7 Å². The lowest BCUT2D eigenvalue weighted by atomic mass is 9.96. The second kappa shape index (κ2) is 7.11. The Bertz CT molecular complexity index is 592. The molecule has 0 saturated carbocycles.